The number of anilines is 1. The van der Waals surface area contributed by atoms with E-state index in [1.807, 2.05) is 0 Å². The van der Waals surface area contributed by atoms with Gasteiger partial charge in [-0.05, 0) is 66.6 Å². The molecule has 0 radical (unpaired) electrons. The van der Waals surface area contributed by atoms with Crippen molar-refractivity contribution >= 4 is 23.2 Å². The Morgan fingerprint density at radius 2 is 1.65 bits per heavy atom. The highest BCUT2D eigenvalue weighted by atomic mass is 35.5. The number of hydrogen-bond acceptors (Lipinski definition) is 3. The summed E-state index contributed by atoms with van der Waals surface area (Å²) in [6.45, 7) is 0.404. The minimum Gasteiger partial charge on any atom is -0.435 e. The lowest BCUT2D eigenvalue weighted by atomic mass is 9.81. The van der Waals surface area contributed by atoms with Gasteiger partial charge in [-0.25, -0.2) is 4.98 Å². The van der Waals surface area contributed by atoms with Crippen molar-refractivity contribution in [2.75, 3.05) is 4.90 Å². The van der Waals surface area contributed by atoms with E-state index in [2.05, 4.69) is 9.72 Å². The number of hydrogen-bond donors (Lipinski definition) is 0. The number of nitrogens with zero attached hydrogens (tertiary/aromatic N) is 2. The van der Waals surface area contributed by atoms with Crippen LogP contribution < -0.4 is 9.64 Å². The summed E-state index contributed by atoms with van der Waals surface area (Å²) >= 11 is 6.01. The molecule has 1 atom stereocenters. The van der Waals surface area contributed by atoms with Gasteiger partial charge in [-0.15, -0.1) is 0 Å². The van der Waals surface area contributed by atoms with Crippen LogP contribution in [-0.4, -0.2) is 17.5 Å². The van der Waals surface area contributed by atoms with Gasteiger partial charge < -0.3 is 4.74 Å². The molecule has 0 aliphatic carbocycles. The van der Waals surface area contributed by atoms with E-state index in [-0.39, 0.29) is 23.8 Å². The number of benzene rings is 2. The highest BCUT2D eigenvalue weighted by molar-refractivity contribution is 6.30. The first-order valence-corrected chi connectivity index (χ1v) is 11.6. The average molecular weight is 537 g/mol. The molecule has 3 aromatic rings. The van der Waals surface area contributed by atoms with Gasteiger partial charge in [-0.1, -0.05) is 43.6 Å². The maximum Gasteiger partial charge on any atom is 0.433 e. The molecule has 0 fully saturated rings. The summed E-state index contributed by atoms with van der Waals surface area (Å²) in [7, 11) is 0. The van der Waals surface area contributed by atoms with Crippen molar-refractivity contribution in [1.29, 1.82) is 0 Å². The van der Waals surface area contributed by atoms with Gasteiger partial charge in [0.15, 0.2) is 0 Å². The molecule has 10 heteroatoms. The van der Waals surface area contributed by atoms with E-state index in [1.165, 1.54) is 29.2 Å². The Kier molecular flexibility index (Phi) is 7.28. The van der Waals surface area contributed by atoms with E-state index >= 15 is 0 Å². The minimum absolute atomic E-state index is 0.0636. The summed E-state index contributed by atoms with van der Waals surface area (Å²) in [5.74, 6) is -0.432. The Morgan fingerprint density at radius 1 is 1.00 bits per heavy atom. The van der Waals surface area contributed by atoms with Crippen LogP contribution in [0.5, 0.6) is 5.75 Å². The fraction of sp³-hybridized carbons (Fsp3) is 0.259. The van der Waals surface area contributed by atoms with E-state index < -0.39 is 29.9 Å². The number of pyridine rings is 1. The predicted molar refractivity (Wildman–Crippen MR) is 130 cm³/mol. The molecule has 1 amide bonds. The summed E-state index contributed by atoms with van der Waals surface area (Å²) in [5, 5.41) is 0.462. The molecule has 1 aromatic heterocycles. The number of carbonyl (C=O) groups excluding carboxylic acids is 1. The first-order chi connectivity index (χ1) is 17.3. The highest BCUT2D eigenvalue weighted by Gasteiger charge is 2.39. The second-order valence-corrected chi connectivity index (χ2v) is 9.64. The van der Waals surface area contributed by atoms with Crippen molar-refractivity contribution in [3.05, 3.63) is 100 Å². The number of aromatic nitrogens is 1. The van der Waals surface area contributed by atoms with Crippen molar-refractivity contribution in [3.63, 3.8) is 0 Å². The largest absolute Gasteiger partial charge is 0.435 e. The van der Waals surface area contributed by atoms with Crippen LogP contribution in [0.25, 0.3) is 0 Å². The van der Waals surface area contributed by atoms with Crippen molar-refractivity contribution in [3.8, 4) is 5.75 Å². The van der Waals surface area contributed by atoms with Crippen LogP contribution in [0.15, 0.2) is 78.4 Å². The Labute approximate surface area is 215 Å². The third kappa shape index (κ3) is 5.93. The molecule has 1 aliphatic heterocycles. The van der Waals surface area contributed by atoms with Gasteiger partial charge in [0.05, 0.1) is 6.04 Å². The number of rotatable bonds is 7. The molecule has 194 valence electrons. The van der Waals surface area contributed by atoms with Gasteiger partial charge in [-0.2, -0.15) is 22.0 Å². The molecule has 0 bridgehead atoms. The molecule has 0 spiro atoms. The van der Waals surface area contributed by atoms with Crippen molar-refractivity contribution < 1.29 is 31.5 Å². The second kappa shape index (κ2) is 10.1. The average Bonchev–Trinajstić information content (AvgIpc) is 3.14. The zero-order chi connectivity index (χ0) is 27.0. The van der Waals surface area contributed by atoms with Crippen LogP contribution in [0.2, 0.25) is 5.02 Å². The lowest BCUT2D eigenvalue weighted by Gasteiger charge is -2.27. The summed E-state index contributed by atoms with van der Waals surface area (Å²) < 4.78 is 69.8. The lowest BCUT2D eigenvalue weighted by Crippen LogP contribution is -2.31. The van der Waals surface area contributed by atoms with E-state index in [0.29, 0.717) is 21.8 Å². The van der Waals surface area contributed by atoms with Crippen molar-refractivity contribution in [2.45, 2.75) is 44.5 Å². The predicted octanol–water partition coefficient (Wildman–Crippen LogP) is 7.74. The van der Waals surface area contributed by atoms with Gasteiger partial charge in [0.2, 0.25) is 0 Å². The summed E-state index contributed by atoms with van der Waals surface area (Å²) in [6, 6.07) is 15.6. The first kappa shape index (κ1) is 26.6. The zero-order valence-corrected chi connectivity index (χ0v) is 20.5. The molecular formula is C27H22ClF5N2O2. The second-order valence-electron chi connectivity index (χ2n) is 9.21. The maximum atomic E-state index is 13.6. The fourth-order valence-electron chi connectivity index (χ4n) is 4.29. The zero-order valence-electron chi connectivity index (χ0n) is 19.8. The smallest absolute Gasteiger partial charge is 0.433 e. The van der Waals surface area contributed by atoms with Crippen LogP contribution in [-0.2, 0) is 16.4 Å². The Morgan fingerprint density at radius 3 is 2.30 bits per heavy atom. The summed E-state index contributed by atoms with van der Waals surface area (Å²) in [5.41, 5.74) is -0.369. The van der Waals surface area contributed by atoms with E-state index in [4.69, 9.17) is 11.6 Å². The molecule has 0 saturated carbocycles. The number of ether oxygens (including phenoxy) is 1. The molecule has 4 nitrogen and oxygen atoms in total. The molecule has 0 saturated heterocycles. The maximum absolute atomic E-state index is 13.6. The first-order valence-electron chi connectivity index (χ1n) is 11.2. The Bertz CT molecular complexity index is 1320. The summed E-state index contributed by atoms with van der Waals surface area (Å²) in [6.07, 6.45) is -2.82. The normalized spacial score (nSPS) is 16.4. The molecule has 2 heterocycles. The van der Waals surface area contributed by atoms with Crippen LogP contribution in [0.3, 0.4) is 0 Å². The fourth-order valence-corrected chi connectivity index (χ4v) is 4.41. The van der Waals surface area contributed by atoms with Crippen molar-refractivity contribution in [1.82, 2.24) is 4.98 Å². The topological polar surface area (TPSA) is 42.4 Å². The van der Waals surface area contributed by atoms with Crippen LogP contribution >= 0.6 is 11.6 Å². The minimum atomic E-state index is -4.60. The van der Waals surface area contributed by atoms with Gasteiger partial charge >= 0.3 is 12.8 Å². The third-order valence-corrected chi connectivity index (χ3v) is 6.28. The van der Waals surface area contributed by atoms with Gasteiger partial charge in [0, 0.05) is 27.4 Å². The monoisotopic (exact) mass is 536 g/mol. The van der Waals surface area contributed by atoms with Crippen molar-refractivity contribution in [2.24, 2.45) is 0 Å². The molecule has 1 unspecified atom stereocenters. The van der Waals surface area contributed by atoms with Gasteiger partial charge in [0.25, 0.3) is 5.91 Å². The van der Waals surface area contributed by atoms with Crippen LogP contribution in [0, 0.1) is 0 Å². The molecular weight excluding hydrogens is 515 g/mol. The molecule has 4 rings (SSSR count). The standard InChI is InChI=1S/C27H22ClF5N2O2/c1-26(2,22-7-4-8-23(34-22)27(31,32)33)15-17-14-21(16-5-3-6-20(13-16)37-25(29)30)35(24(17)36)19-11-9-18(28)10-12-19/h3-14,21,25H,15H2,1-2H3. The van der Waals surface area contributed by atoms with E-state index in [1.54, 1.807) is 56.3 Å². The van der Waals surface area contributed by atoms with Crippen LogP contribution in [0.4, 0.5) is 27.6 Å². The van der Waals surface area contributed by atoms with Gasteiger partial charge in [-0.3, -0.25) is 9.69 Å². The number of amides is 1. The Balaban J connectivity index is 1.72. The van der Waals surface area contributed by atoms with E-state index in [9.17, 15) is 26.7 Å². The van der Waals surface area contributed by atoms with E-state index in [0.717, 1.165) is 6.07 Å². The number of alkyl halides is 5. The molecule has 37 heavy (non-hydrogen) atoms. The SMILES string of the molecule is CC(C)(CC1=CC(c2cccc(OC(F)F)c2)N(c2ccc(Cl)cc2)C1=O)c1cccc(C(F)(F)F)n1. The van der Waals surface area contributed by atoms with Crippen LogP contribution in [0.1, 0.15) is 43.3 Å². The molecule has 0 N–H and O–H groups in total. The number of carbonyl (C=O) groups is 1. The summed E-state index contributed by atoms with van der Waals surface area (Å²) in [4.78, 5) is 18.9. The number of halogens is 6. The lowest BCUT2D eigenvalue weighted by molar-refractivity contribution is -0.141. The van der Waals surface area contributed by atoms with Gasteiger partial charge in [0.1, 0.15) is 11.4 Å². The highest BCUT2D eigenvalue weighted by Crippen LogP contribution is 2.41. The molecule has 1 aliphatic rings. The Hall–Kier alpha value is -3.46. The third-order valence-electron chi connectivity index (χ3n) is 6.03. The quantitative estimate of drug-likeness (QED) is 0.290. The molecule has 2 aromatic carbocycles.